The highest BCUT2D eigenvalue weighted by atomic mass is 35.5. The molecule has 7 nitrogen and oxygen atoms in total. The molecule has 0 spiro atoms. The van der Waals surface area contributed by atoms with E-state index in [1.807, 2.05) is 32.3 Å². The topological polar surface area (TPSA) is 69.5 Å². The molecule has 0 bridgehead atoms. The summed E-state index contributed by atoms with van der Waals surface area (Å²) in [5.41, 5.74) is 3.04. The number of hydrogen-bond acceptors (Lipinski definition) is 4. The summed E-state index contributed by atoms with van der Waals surface area (Å²) < 4.78 is 14.4. The summed E-state index contributed by atoms with van der Waals surface area (Å²) in [5.74, 6) is 0.243. The summed E-state index contributed by atoms with van der Waals surface area (Å²) in [5, 5.41) is 11.0. The average molecular weight is 388 g/mol. The quantitative estimate of drug-likeness (QED) is 0.298. The Morgan fingerprint density at radius 1 is 1.15 bits per heavy atom. The molecule has 4 aromatic rings. The third kappa shape index (κ3) is 3.10. The number of carbonyl (C=O) groups is 1. The van der Waals surface area contributed by atoms with E-state index >= 15 is 0 Å². The van der Waals surface area contributed by atoms with Gasteiger partial charge in [-0.05, 0) is 37.3 Å². The van der Waals surface area contributed by atoms with E-state index in [4.69, 9.17) is 21.1 Å². The van der Waals surface area contributed by atoms with Crippen LogP contribution in [0.25, 0.3) is 16.7 Å². The molecular formula is C19H18ClN3O4. The highest BCUT2D eigenvalue weighted by molar-refractivity contribution is 6.31. The molecule has 0 saturated heterocycles. The maximum atomic E-state index is 11.3. The number of benzene rings is 2. The fraction of sp³-hybridized carbons (Fsp3) is 0.211. The summed E-state index contributed by atoms with van der Waals surface area (Å²) in [6.45, 7) is 5.75. The number of carbonyl (C=O) groups excluding carboxylic acids is 1. The van der Waals surface area contributed by atoms with E-state index in [2.05, 4.69) is 6.58 Å². The Hall–Kier alpha value is -3.06. The van der Waals surface area contributed by atoms with E-state index in [1.165, 1.54) is 0 Å². The van der Waals surface area contributed by atoms with Crippen molar-refractivity contribution in [3.63, 3.8) is 0 Å². The summed E-state index contributed by atoms with van der Waals surface area (Å²) >= 11 is 6.02. The molecule has 2 aromatic carbocycles. The van der Waals surface area contributed by atoms with Crippen molar-refractivity contribution < 1.29 is 19.4 Å². The molecule has 2 aromatic heterocycles. The number of fused-ring (bicyclic) bond motifs is 4. The van der Waals surface area contributed by atoms with E-state index in [0.29, 0.717) is 35.1 Å². The van der Waals surface area contributed by atoms with Gasteiger partial charge in [-0.15, -0.1) is 14.1 Å². The zero-order chi connectivity index (χ0) is 19.1. The zero-order valence-corrected chi connectivity index (χ0v) is 15.4. The van der Waals surface area contributed by atoms with Gasteiger partial charge in [0.05, 0.1) is 13.2 Å². The van der Waals surface area contributed by atoms with Crippen molar-refractivity contribution in [2.24, 2.45) is 0 Å². The van der Waals surface area contributed by atoms with E-state index in [-0.39, 0.29) is 12.4 Å². The summed E-state index contributed by atoms with van der Waals surface area (Å²) in [6.07, 6.45) is 0.547. The molecule has 27 heavy (non-hydrogen) atoms. The van der Waals surface area contributed by atoms with Crippen molar-refractivity contribution in [3.05, 3.63) is 53.6 Å². The molecule has 4 rings (SSSR count). The largest absolute Gasteiger partial charge is 0.505 e. The van der Waals surface area contributed by atoms with Crippen LogP contribution in [0.5, 0.6) is 11.5 Å². The van der Waals surface area contributed by atoms with Gasteiger partial charge in [0.1, 0.15) is 28.2 Å². The van der Waals surface area contributed by atoms with Crippen molar-refractivity contribution >= 4 is 28.6 Å². The number of nitrogens with zero attached hydrogens (tertiary/aromatic N) is 3. The minimum Gasteiger partial charge on any atom is -0.505 e. The second kappa shape index (κ2) is 6.59. The Bertz CT molecular complexity index is 1140. The number of phenolic OH excluding ortho intramolecular Hbond substituents is 1. The van der Waals surface area contributed by atoms with Crippen molar-refractivity contribution in [1.82, 2.24) is 14.1 Å². The van der Waals surface area contributed by atoms with E-state index in [9.17, 15) is 9.90 Å². The molecule has 0 saturated carbocycles. The number of halogens is 1. The molecule has 140 valence electrons. The molecular weight excluding hydrogens is 370 g/mol. The summed E-state index contributed by atoms with van der Waals surface area (Å²) in [7, 11) is 0. The molecule has 0 fully saturated rings. The normalized spacial score (nSPS) is 11.5. The minimum atomic E-state index is -0.405. The molecule has 1 N–H and O–H groups in total. The van der Waals surface area contributed by atoms with Crippen LogP contribution in [-0.4, -0.2) is 38.3 Å². The Morgan fingerprint density at radius 2 is 1.93 bits per heavy atom. The fourth-order valence-electron chi connectivity index (χ4n) is 2.82. The highest BCUT2D eigenvalue weighted by Crippen LogP contribution is 2.33. The van der Waals surface area contributed by atoms with Crippen LogP contribution < -0.4 is 4.74 Å². The average Bonchev–Trinajstić information content (AvgIpc) is 3.28. The lowest BCUT2D eigenvalue weighted by molar-refractivity contribution is -0.139. The highest BCUT2D eigenvalue weighted by Gasteiger charge is 2.25. The van der Waals surface area contributed by atoms with Gasteiger partial charge in [0.15, 0.2) is 0 Å². The van der Waals surface area contributed by atoms with Crippen LogP contribution in [0, 0.1) is 0 Å². The van der Waals surface area contributed by atoms with E-state index in [0.717, 1.165) is 11.0 Å². The Kier molecular flexibility index (Phi) is 4.24. The first-order chi connectivity index (χ1) is 13.0. The molecule has 0 unspecified atom stereocenters. The molecule has 0 atom stereocenters. The van der Waals surface area contributed by atoms with Crippen LogP contribution in [0.3, 0.4) is 0 Å². The van der Waals surface area contributed by atoms with Crippen molar-refractivity contribution in [1.29, 1.82) is 0 Å². The fourth-order valence-corrected chi connectivity index (χ4v) is 2.99. The van der Waals surface area contributed by atoms with Gasteiger partial charge in [-0.3, -0.25) is 0 Å². The number of aromatic nitrogens is 3. The Balaban J connectivity index is 1.38. The van der Waals surface area contributed by atoms with E-state index in [1.54, 1.807) is 25.1 Å². The molecule has 0 aliphatic heterocycles. The van der Waals surface area contributed by atoms with Gasteiger partial charge in [0.25, 0.3) is 0 Å². The minimum absolute atomic E-state index is 0.104. The first kappa shape index (κ1) is 17.4. The number of rotatable bonds is 7. The number of aromatic hydroxyl groups is 1. The molecule has 0 aliphatic rings. The first-order valence-electron chi connectivity index (χ1n) is 8.45. The SMILES string of the molecule is C=C(C)C(=O)OCCCOc1ccc(-n2n3c4ccc(Cl)cc4n23)c(O)c1. The lowest BCUT2D eigenvalue weighted by Gasteiger charge is -2.08. The van der Waals surface area contributed by atoms with Gasteiger partial charge in [-0.25, -0.2) is 4.79 Å². The molecule has 0 aliphatic carbocycles. The molecule has 8 heteroatoms. The summed E-state index contributed by atoms with van der Waals surface area (Å²) in [4.78, 5) is 13.1. The Labute approximate surface area is 159 Å². The van der Waals surface area contributed by atoms with Gasteiger partial charge in [-0.1, -0.05) is 18.2 Å². The van der Waals surface area contributed by atoms with E-state index < -0.39 is 5.97 Å². The second-order valence-electron chi connectivity index (χ2n) is 6.27. The van der Waals surface area contributed by atoms with Gasteiger partial charge in [-0.2, -0.15) is 0 Å². The predicted octanol–water partition coefficient (Wildman–Crippen LogP) is 3.67. The van der Waals surface area contributed by atoms with Gasteiger partial charge in [0.2, 0.25) is 0 Å². The van der Waals surface area contributed by atoms with Gasteiger partial charge < -0.3 is 14.6 Å². The number of esters is 1. The van der Waals surface area contributed by atoms with Crippen LogP contribution in [0.15, 0.2) is 48.6 Å². The van der Waals surface area contributed by atoms with Crippen molar-refractivity contribution in [2.45, 2.75) is 13.3 Å². The van der Waals surface area contributed by atoms with Crippen molar-refractivity contribution in [2.75, 3.05) is 13.2 Å². The predicted molar refractivity (Wildman–Crippen MR) is 101 cm³/mol. The van der Waals surface area contributed by atoms with Crippen LogP contribution in [-0.2, 0) is 9.53 Å². The molecule has 0 radical (unpaired) electrons. The standard InChI is InChI=1S/C19H18ClN3O4/c1-12(2)19(25)27-9-3-8-26-14-5-7-16(18(24)11-14)22-21-15-6-4-13(20)10-17(15)23(21)22/h4-7,10-11,24H,1,3,8-9H2,2H3. The maximum Gasteiger partial charge on any atom is 0.333 e. The van der Waals surface area contributed by atoms with Gasteiger partial charge in [0, 0.05) is 23.1 Å². The third-order valence-corrected chi connectivity index (χ3v) is 4.41. The van der Waals surface area contributed by atoms with Gasteiger partial charge >= 0.3 is 5.97 Å². The second-order valence-corrected chi connectivity index (χ2v) is 6.71. The number of ether oxygens (including phenoxy) is 2. The molecule has 0 amide bonds. The summed E-state index contributed by atoms with van der Waals surface area (Å²) in [6, 6.07) is 10.8. The zero-order valence-electron chi connectivity index (χ0n) is 14.7. The van der Waals surface area contributed by atoms with Crippen LogP contribution in [0.1, 0.15) is 13.3 Å². The van der Waals surface area contributed by atoms with Crippen LogP contribution >= 0.6 is 11.6 Å². The third-order valence-electron chi connectivity index (χ3n) is 4.18. The smallest absolute Gasteiger partial charge is 0.333 e. The Morgan fingerprint density at radius 3 is 2.67 bits per heavy atom. The monoisotopic (exact) mass is 387 g/mol. The van der Waals surface area contributed by atoms with Crippen molar-refractivity contribution in [3.8, 4) is 17.2 Å². The number of hydrogen-bond donors (Lipinski definition) is 1. The number of phenols is 1. The molecule has 2 heterocycles. The maximum absolute atomic E-state index is 11.3. The lowest BCUT2D eigenvalue weighted by atomic mass is 10.3. The van der Waals surface area contributed by atoms with Crippen LogP contribution in [0.4, 0.5) is 0 Å². The lowest BCUT2D eigenvalue weighted by Crippen LogP contribution is -2.09. The van der Waals surface area contributed by atoms with Crippen LogP contribution in [0.2, 0.25) is 5.02 Å². The first-order valence-corrected chi connectivity index (χ1v) is 8.83.